The molecule has 1 aromatic rings. The zero-order chi connectivity index (χ0) is 14.3. The van der Waals surface area contributed by atoms with E-state index >= 15 is 0 Å². The lowest BCUT2D eigenvalue weighted by molar-refractivity contribution is 0.0698. The number of hydrogen-bond acceptors (Lipinski definition) is 4. The van der Waals surface area contributed by atoms with Crippen LogP contribution in [-0.4, -0.2) is 36.4 Å². The predicted molar refractivity (Wildman–Crippen MR) is 75.5 cm³/mol. The molecular formula is C13H17NO4S2. The Morgan fingerprint density at radius 2 is 2.05 bits per heavy atom. The van der Waals surface area contributed by atoms with Crippen LogP contribution in [0.25, 0.3) is 0 Å². The Kier molecular flexibility index (Phi) is 3.60. The minimum atomic E-state index is -3.69. The zero-order valence-corrected chi connectivity index (χ0v) is 12.6. The number of fused-ring (bicyclic) bond motifs is 1. The van der Waals surface area contributed by atoms with Gasteiger partial charge in [0.2, 0.25) is 10.0 Å². The lowest BCUT2D eigenvalue weighted by Crippen LogP contribution is -2.46. The summed E-state index contributed by atoms with van der Waals surface area (Å²) in [5, 5.41) is 10.7. The Bertz CT molecular complexity index is 622. The Labute approximate surface area is 122 Å². The summed E-state index contributed by atoms with van der Waals surface area (Å²) in [5.41, 5.74) is 0. The average molecular weight is 315 g/mol. The minimum absolute atomic E-state index is 0.0393. The molecule has 1 saturated carbocycles. The van der Waals surface area contributed by atoms with Gasteiger partial charge in [0.15, 0.2) is 0 Å². The first-order chi connectivity index (χ1) is 9.51. The molecule has 1 saturated heterocycles. The van der Waals surface area contributed by atoms with E-state index in [9.17, 15) is 13.2 Å². The first kappa shape index (κ1) is 14.0. The van der Waals surface area contributed by atoms with Crippen LogP contribution in [0.2, 0.25) is 0 Å². The van der Waals surface area contributed by atoms with Gasteiger partial charge in [0.05, 0.1) is 0 Å². The third-order valence-corrected chi connectivity index (χ3v) is 7.35. The van der Waals surface area contributed by atoms with E-state index in [1.54, 1.807) is 4.31 Å². The number of carboxylic acids is 1. The predicted octanol–water partition coefficient (Wildman–Crippen LogP) is 2.40. The lowest BCUT2D eigenvalue weighted by atomic mass is 9.94. The SMILES string of the molecule is O=C(O)c1sccc1S(=O)(=O)N1CCCC2CCCC21. The van der Waals surface area contributed by atoms with Gasteiger partial charge in [-0.2, -0.15) is 4.31 Å². The molecule has 0 amide bonds. The fourth-order valence-electron chi connectivity index (χ4n) is 3.49. The minimum Gasteiger partial charge on any atom is -0.477 e. The first-order valence-electron chi connectivity index (χ1n) is 6.84. The van der Waals surface area contributed by atoms with E-state index in [1.807, 2.05) is 0 Å². The molecule has 1 aromatic heterocycles. The second-order valence-electron chi connectivity index (χ2n) is 5.44. The molecule has 0 bridgehead atoms. The van der Waals surface area contributed by atoms with Crippen molar-refractivity contribution in [1.82, 2.24) is 4.31 Å². The first-order valence-corrected chi connectivity index (χ1v) is 9.16. The number of rotatable bonds is 3. The summed E-state index contributed by atoms with van der Waals surface area (Å²) in [4.78, 5) is 11.0. The number of piperidine rings is 1. The molecule has 2 fully saturated rings. The van der Waals surface area contributed by atoms with Gasteiger partial charge >= 0.3 is 5.97 Å². The topological polar surface area (TPSA) is 74.7 Å². The fourth-order valence-corrected chi connectivity index (χ4v) is 6.48. The molecule has 0 radical (unpaired) electrons. The number of carbonyl (C=O) groups is 1. The van der Waals surface area contributed by atoms with Gasteiger partial charge in [-0.15, -0.1) is 11.3 Å². The summed E-state index contributed by atoms with van der Waals surface area (Å²) in [7, 11) is -3.69. The standard InChI is InChI=1S/C13H17NO4S2/c15-13(16)12-11(6-8-19-12)20(17,18)14-7-2-4-9-3-1-5-10(9)14/h6,8-10H,1-5,7H2,(H,15,16). The summed E-state index contributed by atoms with van der Waals surface area (Å²) < 4.78 is 27.1. The highest BCUT2D eigenvalue weighted by atomic mass is 32.2. The van der Waals surface area contributed by atoms with Gasteiger partial charge in [0.25, 0.3) is 0 Å². The molecule has 2 aliphatic rings. The van der Waals surface area contributed by atoms with E-state index in [0.29, 0.717) is 12.5 Å². The van der Waals surface area contributed by atoms with E-state index in [1.165, 1.54) is 11.4 Å². The highest BCUT2D eigenvalue weighted by molar-refractivity contribution is 7.89. The van der Waals surface area contributed by atoms with Crippen LogP contribution in [0.15, 0.2) is 16.3 Å². The van der Waals surface area contributed by atoms with E-state index in [2.05, 4.69) is 0 Å². The highest BCUT2D eigenvalue weighted by Crippen LogP contribution is 2.40. The summed E-state index contributed by atoms with van der Waals surface area (Å²) in [5.74, 6) is -0.719. The van der Waals surface area contributed by atoms with Crippen LogP contribution in [0.4, 0.5) is 0 Å². The monoisotopic (exact) mass is 315 g/mol. The number of sulfonamides is 1. The zero-order valence-electron chi connectivity index (χ0n) is 11.0. The largest absolute Gasteiger partial charge is 0.477 e. The molecule has 7 heteroatoms. The molecule has 110 valence electrons. The maximum absolute atomic E-state index is 12.8. The number of hydrogen-bond donors (Lipinski definition) is 1. The Balaban J connectivity index is 1.99. The van der Waals surface area contributed by atoms with Gasteiger partial charge in [-0.25, -0.2) is 13.2 Å². The molecule has 0 spiro atoms. The summed E-state index contributed by atoms with van der Waals surface area (Å²) in [6.45, 7) is 0.512. The quantitative estimate of drug-likeness (QED) is 0.929. The summed E-state index contributed by atoms with van der Waals surface area (Å²) >= 11 is 0.968. The van der Waals surface area contributed by atoms with Gasteiger partial charge in [-0.05, 0) is 43.0 Å². The third-order valence-electron chi connectivity index (χ3n) is 4.35. The number of carboxylic acid groups (broad SMARTS) is 1. The van der Waals surface area contributed by atoms with Gasteiger partial charge in [-0.1, -0.05) is 6.42 Å². The van der Waals surface area contributed by atoms with Crippen LogP contribution < -0.4 is 0 Å². The molecule has 5 nitrogen and oxygen atoms in total. The van der Waals surface area contributed by atoms with Crippen LogP contribution in [0.1, 0.15) is 41.8 Å². The molecule has 0 aromatic carbocycles. The number of nitrogens with zero attached hydrogens (tertiary/aromatic N) is 1. The van der Waals surface area contributed by atoms with Crippen LogP contribution in [0.5, 0.6) is 0 Å². The average Bonchev–Trinajstić information content (AvgIpc) is 3.06. The summed E-state index contributed by atoms with van der Waals surface area (Å²) in [6.07, 6.45) is 5.01. The van der Waals surface area contributed by atoms with Crippen molar-refractivity contribution in [1.29, 1.82) is 0 Å². The number of aromatic carboxylic acids is 1. The maximum atomic E-state index is 12.8. The van der Waals surface area contributed by atoms with Gasteiger partial charge in [0, 0.05) is 12.6 Å². The Hall–Kier alpha value is -0.920. The van der Waals surface area contributed by atoms with Crippen molar-refractivity contribution in [3.63, 3.8) is 0 Å². The van der Waals surface area contributed by atoms with E-state index < -0.39 is 16.0 Å². The Morgan fingerprint density at radius 1 is 1.30 bits per heavy atom. The van der Waals surface area contributed by atoms with Crippen molar-refractivity contribution in [3.8, 4) is 0 Å². The lowest BCUT2D eigenvalue weighted by Gasteiger charge is -2.36. The fraction of sp³-hybridized carbons (Fsp3) is 0.615. The molecule has 2 atom stereocenters. The van der Waals surface area contributed by atoms with Crippen molar-refractivity contribution < 1.29 is 18.3 Å². The molecular weight excluding hydrogens is 298 g/mol. The van der Waals surface area contributed by atoms with Crippen LogP contribution in [0, 0.1) is 5.92 Å². The molecule has 1 aliphatic carbocycles. The van der Waals surface area contributed by atoms with Gasteiger partial charge < -0.3 is 5.11 Å². The normalized spacial score (nSPS) is 27.4. The molecule has 1 aliphatic heterocycles. The van der Waals surface area contributed by atoms with Crippen LogP contribution in [0.3, 0.4) is 0 Å². The van der Waals surface area contributed by atoms with Crippen molar-refractivity contribution in [2.45, 2.75) is 43.0 Å². The molecule has 20 heavy (non-hydrogen) atoms. The molecule has 2 heterocycles. The molecule has 3 rings (SSSR count). The highest BCUT2D eigenvalue weighted by Gasteiger charge is 2.42. The summed E-state index contributed by atoms with van der Waals surface area (Å²) in [6, 6.07) is 1.48. The van der Waals surface area contributed by atoms with Crippen molar-refractivity contribution >= 4 is 27.3 Å². The van der Waals surface area contributed by atoms with E-state index in [-0.39, 0.29) is 15.8 Å². The van der Waals surface area contributed by atoms with Gasteiger partial charge in [-0.3, -0.25) is 0 Å². The van der Waals surface area contributed by atoms with Crippen molar-refractivity contribution in [2.24, 2.45) is 5.92 Å². The van der Waals surface area contributed by atoms with Crippen molar-refractivity contribution in [2.75, 3.05) is 6.54 Å². The maximum Gasteiger partial charge on any atom is 0.347 e. The molecule has 1 N–H and O–H groups in total. The van der Waals surface area contributed by atoms with Crippen molar-refractivity contribution in [3.05, 3.63) is 16.3 Å². The second-order valence-corrected chi connectivity index (χ2v) is 8.21. The van der Waals surface area contributed by atoms with Gasteiger partial charge in [0.1, 0.15) is 9.77 Å². The van der Waals surface area contributed by atoms with Crippen LogP contribution in [-0.2, 0) is 10.0 Å². The number of thiophene rings is 1. The third kappa shape index (κ3) is 2.17. The Morgan fingerprint density at radius 3 is 2.80 bits per heavy atom. The smallest absolute Gasteiger partial charge is 0.347 e. The molecule has 2 unspecified atom stereocenters. The second kappa shape index (κ2) is 5.13. The van der Waals surface area contributed by atoms with E-state index in [4.69, 9.17) is 5.11 Å². The van der Waals surface area contributed by atoms with E-state index in [0.717, 1.165) is 43.4 Å². The van der Waals surface area contributed by atoms with Crippen LogP contribution >= 0.6 is 11.3 Å².